The van der Waals surface area contributed by atoms with Gasteiger partial charge in [0.25, 0.3) is 0 Å². The van der Waals surface area contributed by atoms with Crippen LogP contribution in [0.2, 0.25) is 0 Å². The Bertz CT molecular complexity index is 1250. The van der Waals surface area contributed by atoms with E-state index in [0.29, 0.717) is 20.1 Å². The van der Waals surface area contributed by atoms with Crippen LogP contribution in [0, 0.1) is 0 Å². The zero-order valence-electron chi connectivity index (χ0n) is 22.1. The lowest BCUT2D eigenvalue weighted by Crippen LogP contribution is -2.25. The lowest BCUT2D eigenvalue weighted by Gasteiger charge is -2.35. The van der Waals surface area contributed by atoms with E-state index in [1.807, 2.05) is 18.2 Å². The second-order valence-corrected chi connectivity index (χ2v) is 10.8. The molecule has 192 valence electrons. The molecule has 0 heterocycles. The standard InChI is InChI=1S/C32H36NO3P/c1-5-32(6-2,28-21-27(35-3)22-29(36-4)31(28)34)37-30-20-14-13-15-24(30)23-33(25-16-9-7-10-17-25)26-18-11-8-12-19-26/h7-22,34,37H,5-6,23H2,1-4H3. The third-order valence-corrected chi connectivity index (χ3v) is 9.29. The Hall–Kier alpha value is -3.49. The number of phenols is 1. The quantitative estimate of drug-likeness (QED) is 0.208. The minimum absolute atomic E-state index is 0.201. The Morgan fingerprint density at radius 3 is 1.86 bits per heavy atom. The van der Waals surface area contributed by atoms with Gasteiger partial charge >= 0.3 is 0 Å². The summed E-state index contributed by atoms with van der Waals surface area (Å²) in [6, 6.07) is 33.4. The number of aromatic hydroxyl groups is 1. The first-order valence-corrected chi connectivity index (χ1v) is 13.7. The van der Waals surface area contributed by atoms with Crippen molar-refractivity contribution in [3.8, 4) is 17.2 Å². The summed E-state index contributed by atoms with van der Waals surface area (Å²) in [5.41, 5.74) is 4.46. The Labute approximate surface area is 222 Å². The summed E-state index contributed by atoms with van der Waals surface area (Å²) in [5, 5.41) is 12.3. The van der Waals surface area contributed by atoms with E-state index in [1.54, 1.807) is 20.3 Å². The van der Waals surface area contributed by atoms with E-state index in [2.05, 4.69) is 91.5 Å². The molecule has 0 aromatic heterocycles. The normalized spacial score (nSPS) is 11.6. The minimum Gasteiger partial charge on any atom is -0.504 e. The van der Waals surface area contributed by atoms with Crippen LogP contribution in [0.4, 0.5) is 11.4 Å². The van der Waals surface area contributed by atoms with Crippen LogP contribution in [0.25, 0.3) is 0 Å². The summed E-state index contributed by atoms with van der Waals surface area (Å²) in [7, 11) is 3.68. The Kier molecular flexibility index (Phi) is 8.74. The SMILES string of the molecule is CCC(CC)(Pc1ccccc1CN(c1ccccc1)c1ccccc1)c1cc(OC)cc(OC)c1O. The largest absolute Gasteiger partial charge is 0.504 e. The molecule has 0 aliphatic rings. The number of hydrogen-bond donors (Lipinski definition) is 1. The number of rotatable bonds is 11. The number of ether oxygens (including phenoxy) is 2. The molecule has 1 N–H and O–H groups in total. The molecule has 4 aromatic rings. The van der Waals surface area contributed by atoms with Gasteiger partial charge in [0.1, 0.15) is 5.75 Å². The molecule has 1 atom stereocenters. The van der Waals surface area contributed by atoms with Gasteiger partial charge in [0.05, 0.1) is 14.2 Å². The Morgan fingerprint density at radius 2 is 1.32 bits per heavy atom. The zero-order valence-corrected chi connectivity index (χ0v) is 23.1. The van der Waals surface area contributed by atoms with Crippen LogP contribution < -0.4 is 19.7 Å². The molecule has 0 radical (unpaired) electrons. The first-order valence-electron chi connectivity index (χ1n) is 12.7. The van der Waals surface area contributed by atoms with Crippen LogP contribution in [0.5, 0.6) is 17.2 Å². The number of benzene rings is 4. The van der Waals surface area contributed by atoms with Crippen molar-refractivity contribution in [1.29, 1.82) is 0 Å². The zero-order chi connectivity index (χ0) is 26.3. The van der Waals surface area contributed by atoms with Crippen molar-refractivity contribution in [2.24, 2.45) is 0 Å². The second-order valence-electron chi connectivity index (χ2n) is 9.05. The molecule has 4 rings (SSSR count). The number of methoxy groups -OCH3 is 2. The molecule has 1 unspecified atom stereocenters. The molecule has 4 aromatic carbocycles. The summed E-state index contributed by atoms with van der Waals surface area (Å²) < 4.78 is 11.1. The molecule has 5 heteroatoms. The minimum atomic E-state index is -0.258. The summed E-state index contributed by atoms with van der Waals surface area (Å²) in [5.74, 6) is 1.33. The van der Waals surface area contributed by atoms with E-state index in [1.165, 1.54) is 10.9 Å². The molecule has 0 bridgehead atoms. The van der Waals surface area contributed by atoms with Gasteiger partial charge in [-0.05, 0) is 54.0 Å². The molecule has 0 amide bonds. The highest BCUT2D eigenvalue weighted by Crippen LogP contribution is 2.53. The van der Waals surface area contributed by atoms with Gasteiger partial charge in [0.15, 0.2) is 11.5 Å². The molecular formula is C32H36NO3P. The highest BCUT2D eigenvalue weighted by molar-refractivity contribution is 7.48. The van der Waals surface area contributed by atoms with Crippen LogP contribution in [0.1, 0.15) is 37.8 Å². The van der Waals surface area contributed by atoms with Crippen LogP contribution in [-0.2, 0) is 11.7 Å². The van der Waals surface area contributed by atoms with E-state index in [9.17, 15) is 5.11 Å². The lowest BCUT2D eigenvalue weighted by atomic mass is 9.91. The van der Waals surface area contributed by atoms with Crippen molar-refractivity contribution < 1.29 is 14.6 Å². The smallest absolute Gasteiger partial charge is 0.164 e. The highest BCUT2D eigenvalue weighted by Gasteiger charge is 2.34. The van der Waals surface area contributed by atoms with Crippen LogP contribution in [0.15, 0.2) is 97.1 Å². The van der Waals surface area contributed by atoms with Crippen molar-refractivity contribution in [1.82, 2.24) is 0 Å². The third-order valence-electron chi connectivity index (χ3n) is 7.08. The highest BCUT2D eigenvalue weighted by atomic mass is 31.1. The van der Waals surface area contributed by atoms with E-state index < -0.39 is 0 Å². The predicted octanol–water partition coefficient (Wildman–Crippen LogP) is 7.77. The van der Waals surface area contributed by atoms with Gasteiger partial charge in [-0.15, -0.1) is 0 Å². The fourth-order valence-electron chi connectivity index (χ4n) is 4.85. The molecule has 0 saturated heterocycles. The molecule has 0 aliphatic heterocycles. The number of hydrogen-bond acceptors (Lipinski definition) is 4. The Balaban J connectivity index is 1.77. The van der Waals surface area contributed by atoms with Gasteiger partial charge in [-0.1, -0.05) is 83.1 Å². The van der Waals surface area contributed by atoms with E-state index in [4.69, 9.17) is 9.47 Å². The Morgan fingerprint density at radius 1 is 0.757 bits per heavy atom. The maximum atomic E-state index is 11.2. The monoisotopic (exact) mass is 513 g/mol. The van der Waals surface area contributed by atoms with E-state index in [0.717, 1.165) is 36.3 Å². The van der Waals surface area contributed by atoms with Gasteiger partial charge in [-0.2, -0.15) is 0 Å². The fraction of sp³-hybridized carbons (Fsp3) is 0.250. The fourth-order valence-corrected chi connectivity index (χ4v) is 6.55. The van der Waals surface area contributed by atoms with Gasteiger partial charge in [-0.25, -0.2) is 0 Å². The van der Waals surface area contributed by atoms with Crippen molar-refractivity contribution >= 4 is 25.3 Å². The summed E-state index contributed by atoms with van der Waals surface area (Å²) in [6.07, 6.45) is 1.75. The third kappa shape index (κ3) is 5.76. The first-order chi connectivity index (χ1) is 18.0. The summed E-state index contributed by atoms with van der Waals surface area (Å²) in [6.45, 7) is 5.14. The van der Waals surface area contributed by atoms with Gasteiger partial charge < -0.3 is 19.5 Å². The van der Waals surface area contributed by atoms with Crippen LogP contribution >= 0.6 is 8.58 Å². The molecule has 0 saturated carbocycles. The van der Waals surface area contributed by atoms with Crippen molar-refractivity contribution in [2.75, 3.05) is 19.1 Å². The van der Waals surface area contributed by atoms with Gasteiger partial charge in [0.2, 0.25) is 0 Å². The lowest BCUT2D eigenvalue weighted by molar-refractivity contribution is 0.355. The molecule has 37 heavy (non-hydrogen) atoms. The van der Waals surface area contributed by atoms with Gasteiger partial charge in [-0.3, -0.25) is 0 Å². The molecular weight excluding hydrogens is 477 g/mol. The predicted molar refractivity (Wildman–Crippen MR) is 157 cm³/mol. The maximum absolute atomic E-state index is 11.2. The average molecular weight is 514 g/mol. The van der Waals surface area contributed by atoms with Crippen molar-refractivity contribution in [2.45, 2.75) is 38.4 Å². The van der Waals surface area contributed by atoms with Crippen LogP contribution in [-0.4, -0.2) is 19.3 Å². The van der Waals surface area contributed by atoms with Crippen LogP contribution in [0.3, 0.4) is 0 Å². The average Bonchev–Trinajstić information content (AvgIpc) is 2.96. The van der Waals surface area contributed by atoms with Crippen molar-refractivity contribution in [3.63, 3.8) is 0 Å². The van der Waals surface area contributed by atoms with Gasteiger partial charge in [0, 0.05) is 34.7 Å². The number of nitrogens with zero attached hydrogens (tertiary/aromatic N) is 1. The number of para-hydroxylation sites is 2. The number of anilines is 2. The first kappa shape index (κ1) is 26.6. The maximum Gasteiger partial charge on any atom is 0.164 e. The number of phenolic OH excluding ortho intramolecular Hbond substituents is 1. The topological polar surface area (TPSA) is 41.9 Å². The van der Waals surface area contributed by atoms with E-state index >= 15 is 0 Å². The summed E-state index contributed by atoms with van der Waals surface area (Å²) >= 11 is 0. The van der Waals surface area contributed by atoms with E-state index in [-0.39, 0.29) is 10.9 Å². The van der Waals surface area contributed by atoms with Crippen molar-refractivity contribution in [3.05, 3.63) is 108 Å². The molecule has 4 nitrogen and oxygen atoms in total. The summed E-state index contributed by atoms with van der Waals surface area (Å²) in [4.78, 5) is 2.36. The molecule has 0 aliphatic carbocycles. The molecule has 0 fully saturated rings. The second kappa shape index (κ2) is 12.2. The molecule has 0 spiro atoms.